The van der Waals surface area contributed by atoms with Crippen LogP contribution in [0.1, 0.15) is 17.3 Å². The monoisotopic (exact) mass is 421 g/mol. The third-order valence-electron chi connectivity index (χ3n) is 4.15. The van der Waals surface area contributed by atoms with Gasteiger partial charge in [-0.15, -0.1) is 0 Å². The van der Waals surface area contributed by atoms with E-state index in [9.17, 15) is 19.7 Å². The SMILES string of the molecule is COc1ccc(Oc2ccc([N+](=O)[O-])cc2C(=O)Nc2cccc(NC(C)=O)c2)cc1. The molecule has 31 heavy (non-hydrogen) atoms. The number of nitrogens with zero attached hydrogens (tertiary/aromatic N) is 1. The van der Waals surface area contributed by atoms with Crippen LogP contribution in [-0.4, -0.2) is 23.8 Å². The number of hydrogen-bond acceptors (Lipinski definition) is 6. The summed E-state index contributed by atoms with van der Waals surface area (Å²) in [5, 5.41) is 16.5. The van der Waals surface area contributed by atoms with Crippen LogP contribution in [0.3, 0.4) is 0 Å². The van der Waals surface area contributed by atoms with Crippen molar-refractivity contribution in [2.45, 2.75) is 6.92 Å². The second kappa shape index (κ2) is 9.40. The van der Waals surface area contributed by atoms with Crippen molar-refractivity contribution < 1.29 is 24.0 Å². The van der Waals surface area contributed by atoms with Crippen LogP contribution in [0.4, 0.5) is 17.1 Å². The van der Waals surface area contributed by atoms with Gasteiger partial charge >= 0.3 is 0 Å². The zero-order chi connectivity index (χ0) is 22.4. The Labute approximate surface area is 177 Å². The number of methoxy groups -OCH3 is 1. The van der Waals surface area contributed by atoms with Crippen LogP contribution in [0.15, 0.2) is 66.7 Å². The zero-order valence-electron chi connectivity index (χ0n) is 16.7. The van der Waals surface area contributed by atoms with Gasteiger partial charge in [0.25, 0.3) is 11.6 Å². The Morgan fingerprint density at radius 3 is 2.16 bits per heavy atom. The van der Waals surface area contributed by atoms with Crippen LogP contribution in [0.2, 0.25) is 0 Å². The molecular formula is C22H19N3O6. The number of amides is 2. The second-order valence-electron chi connectivity index (χ2n) is 6.43. The van der Waals surface area contributed by atoms with Crippen molar-refractivity contribution in [2.24, 2.45) is 0 Å². The molecule has 0 saturated carbocycles. The second-order valence-corrected chi connectivity index (χ2v) is 6.43. The normalized spacial score (nSPS) is 10.1. The standard InChI is InChI=1S/C22H19N3O6/c1-14(26)23-15-4-3-5-16(12-15)24-22(27)20-13-17(25(28)29)6-11-21(20)31-19-9-7-18(30-2)8-10-19/h3-13H,1-2H3,(H,23,26)(H,24,27). The van der Waals surface area contributed by atoms with Gasteiger partial charge in [0, 0.05) is 30.4 Å². The van der Waals surface area contributed by atoms with Crippen LogP contribution >= 0.6 is 0 Å². The Hall–Kier alpha value is -4.40. The lowest BCUT2D eigenvalue weighted by molar-refractivity contribution is -0.384. The Balaban J connectivity index is 1.89. The maximum Gasteiger partial charge on any atom is 0.270 e. The summed E-state index contributed by atoms with van der Waals surface area (Å²) in [5.74, 6) is 0.347. The number of non-ortho nitro benzene ring substituents is 1. The summed E-state index contributed by atoms with van der Waals surface area (Å²) in [6.07, 6.45) is 0. The van der Waals surface area contributed by atoms with Gasteiger partial charge in [0.2, 0.25) is 5.91 Å². The van der Waals surface area contributed by atoms with Gasteiger partial charge < -0.3 is 20.1 Å². The minimum atomic E-state index is -0.604. The molecule has 3 aromatic carbocycles. The number of carbonyl (C=O) groups is 2. The summed E-state index contributed by atoms with van der Waals surface area (Å²) in [7, 11) is 1.54. The number of nitrogens with one attached hydrogen (secondary N) is 2. The van der Waals surface area contributed by atoms with Gasteiger partial charge in [0.1, 0.15) is 17.2 Å². The molecule has 0 radical (unpaired) electrons. The highest BCUT2D eigenvalue weighted by atomic mass is 16.6. The summed E-state index contributed by atoms with van der Waals surface area (Å²) in [4.78, 5) is 34.8. The summed E-state index contributed by atoms with van der Waals surface area (Å²) < 4.78 is 10.9. The molecule has 0 heterocycles. The molecule has 158 valence electrons. The predicted octanol–water partition coefficient (Wildman–Crippen LogP) is 4.61. The number of hydrogen-bond donors (Lipinski definition) is 2. The smallest absolute Gasteiger partial charge is 0.270 e. The van der Waals surface area contributed by atoms with Crippen molar-refractivity contribution in [2.75, 3.05) is 17.7 Å². The topological polar surface area (TPSA) is 120 Å². The number of nitro groups is 1. The minimum Gasteiger partial charge on any atom is -0.497 e. The molecule has 2 amide bonds. The summed E-state index contributed by atoms with van der Waals surface area (Å²) >= 11 is 0. The third kappa shape index (κ3) is 5.57. The first-order chi connectivity index (χ1) is 14.9. The third-order valence-corrected chi connectivity index (χ3v) is 4.15. The molecule has 2 N–H and O–H groups in total. The van der Waals surface area contributed by atoms with Gasteiger partial charge in [0.15, 0.2) is 0 Å². The molecule has 0 saturated heterocycles. The highest BCUT2D eigenvalue weighted by Crippen LogP contribution is 2.30. The van der Waals surface area contributed by atoms with E-state index in [-0.39, 0.29) is 22.9 Å². The molecule has 9 nitrogen and oxygen atoms in total. The van der Waals surface area contributed by atoms with E-state index in [0.29, 0.717) is 22.9 Å². The first-order valence-corrected chi connectivity index (χ1v) is 9.15. The Kier molecular flexibility index (Phi) is 6.46. The van der Waals surface area contributed by atoms with Gasteiger partial charge in [-0.05, 0) is 48.5 Å². The van der Waals surface area contributed by atoms with Gasteiger partial charge in [-0.25, -0.2) is 0 Å². The van der Waals surface area contributed by atoms with Gasteiger partial charge in [0.05, 0.1) is 17.6 Å². The fourth-order valence-electron chi connectivity index (χ4n) is 2.75. The Morgan fingerprint density at radius 1 is 0.903 bits per heavy atom. The Bertz CT molecular complexity index is 1130. The average Bonchev–Trinajstić information content (AvgIpc) is 2.74. The fraction of sp³-hybridized carbons (Fsp3) is 0.0909. The highest BCUT2D eigenvalue weighted by Gasteiger charge is 2.19. The van der Waals surface area contributed by atoms with Gasteiger partial charge in [-0.3, -0.25) is 19.7 Å². The number of benzene rings is 3. The quantitative estimate of drug-likeness (QED) is 0.425. The van der Waals surface area contributed by atoms with E-state index in [4.69, 9.17) is 9.47 Å². The van der Waals surface area contributed by atoms with E-state index in [2.05, 4.69) is 10.6 Å². The number of carbonyl (C=O) groups excluding carboxylic acids is 2. The molecule has 0 unspecified atom stereocenters. The lowest BCUT2D eigenvalue weighted by Gasteiger charge is -2.12. The van der Waals surface area contributed by atoms with Crippen molar-refractivity contribution in [3.05, 3.63) is 82.4 Å². The predicted molar refractivity (Wildman–Crippen MR) is 115 cm³/mol. The van der Waals surface area contributed by atoms with Gasteiger partial charge in [-0.1, -0.05) is 6.07 Å². The summed E-state index contributed by atoms with van der Waals surface area (Å²) in [6, 6.07) is 17.0. The maximum atomic E-state index is 12.9. The van der Waals surface area contributed by atoms with Crippen LogP contribution in [0.5, 0.6) is 17.2 Å². The number of anilines is 2. The molecule has 9 heteroatoms. The van der Waals surface area contributed by atoms with Crippen molar-refractivity contribution in [3.8, 4) is 17.2 Å². The molecule has 3 rings (SSSR count). The van der Waals surface area contributed by atoms with E-state index in [1.165, 1.54) is 26.2 Å². The van der Waals surface area contributed by atoms with Crippen molar-refractivity contribution in [3.63, 3.8) is 0 Å². The molecule has 0 aliphatic rings. The summed E-state index contributed by atoms with van der Waals surface area (Å²) in [6.45, 7) is 1.37. The molecule has 0 atom stereocenters. The van der Waals surface area contributed by atoms with E-state index < -0.39 is 10.8 Å². The van der Waals surface area contributed by atoms with Crippen molar-refractivity contribution >= 4 is 28.9 Å². The molecule has 0 bridgehead atoms. The average molecular weight is 421 g/mol. The highest BCUT2D eigenvalue weighted by molar-refractivity contribution is 6.07. The lowest BCUT2D eigenvalue weighted by atomic mass is 10.1. The van der Waals surface area contributed by atoms with Crippen molar-refractivity contribution in [1.82, 2.24) is 0 Å². The molecule has 0 spiro atoms. The van der Waals surface area contributed by atoms with E-state index >= 15 is 0 Å². The number of rotatable bonds is 7. The zero-order valence-corrected chi connectivity index (χ0v) is 16.7. The van der Waals surface area contributed by atoms with Crippen LogP contribution in [0.25, 0.3) is 0 Å². The maximum absolute atomic E-state index is 12.9. The first-order valence-electron chi connectivity index (χ1n) is 9.15. The minimum absolute atomic E-state index is 0.0186. The van der Waals surface area contributed by atoms with Crippen LogP contribution in [-0.2, 0) is 4.79 Å². The van der Waals surface area contributed by atoms with E-state index in [0.717, 1.165) is 6.07 Å². The van der Waals surface area contributed by atoms with Crippen molar-refractivity contribution in [1.29, 1.82) is 0 Å². The van der Waals surface area contributed by atoms with E-state index in [1.54, 1.807) is 48.5 Å². The molecule has 3 aromatic rings. The molecule has 0 aromatic heterocycles. The molecular weight excluding hydrogens is 402 g/mol. The van der Waals surface area contributed by atoms with Gasteiger partial charge in [-0.2, -0.15) is 0 Å². The fourth-order valence-corrected chi connectivity index (χ4v) is 2.75. The summed E-state index contributed by atoms with van der Waals surface area (Å²) in [5.41, 5.74) is 0.631. The lowest BCUT2D eigenvalue weighted by Crippen LogP contribution is -2.14. The van der Waals surface area contributed by atoms with Crippen LogP contribution < -0.4 is 20.1 Å². The first kappa shape index (κ1) is 21.3. The van der Waals surface area contributed by atoms with E-state index in [1.807, 2.05) is 0 Å². The number of ether oxygens (including phenoxy) is 2. The number of nitro benzene ring substituents is 1. The van der Waals surface area contributed by atoms with Crippen LogP contribution in [0, 0.1) is 10.1 Å². The molecule has 0 fully saturated rings. The molecule has 0 aliphatic carbocycles. The Morgan fingerprint density at radius 2 is 1.55 bits per heavy atom. The largest absolute Gasteiger partial charge is 0.497 e. The molecule has 0 aliphatic heterocycles.